The highest BCUT2D eigenvalue weighted by atomic mass is 19.1. The Morgan fingerprint density at radius 2 is 1.88 bits per heavy atom. The first-order valence-corrected chi connectivity index (χ1v) is 8.53. The van der Waals surface area contributed by atoms with Crippen LogP contribution in [0.4, 0.5) is 8.78 Å². The van der Waals surface area contributed by atoms with Gasteiger partial charge in [0.15, 0.2) is 0 Å². The maximum Gasteiger partial charge on any atom is 0.130 e. The Bertz CT molecular complexity index is 655. The van der Waals surface area contributed by atoms with E-state index < -0.39 is 17.7 Å². The Morgan fingerprint density at radius 1 is 1.12 bits per heavy atom. The number of aliphatic hydroxyl groups excluding tert-OH is 1. The van der Waals surface area contributed by atoms with Crippen molar-refractivity contribution in [1.82, 2.24) is 4.90 Å². The summed E-state index contributed by atoms with van der Waals surface area (Å²) < 4.78 is 37.5. The molecule has 4 nitrogen and oxygen atoms in total. The zero-order valence-corrected chi connectivity index (χ0v) is 14.9. The monoisotopic (exact) mass is 365 g/mol. The summed E-state index contributed by atoms with van der Waals surface area (Å²) in [4.78, 5) is 1.86. The Balaban J connectivity index is 1.85. The maximum absolute atomic E-state index is 13.9. The summed E-state index contributed by atoms with van der Waals surface area (Å²) in [6, 6.07) is 13.2. The van der Waals surface area contributed by atoms with Crippen LogP contribution >= 0.6 is 0 Å². The summed E-state index contributed by atoms with van der Waals surface area (Å²) in [5, 5.41) is 10.2. The topological polar surface area (TPSA) is 41.9 Å². The van der Waals surface area contributed by atoms with Gasteiger partial charge in [-0.1, -0.05) is 36.4 Å². The van der Waals surface area contributed by atoms with Gasteiger partial charge in [-0.05, 0) is 11.6 Å². The van der Waals surface area contributed by atoms with E-state index in [9.17, 15) is 13.9 Å². The van der Waals surface area contributed by atoms with E-state index in [1.54, 1.807) is 7.11 Å². The van der Waals surface area contributed by atoms with Gasteiger partial charge in [0.2, 0.25) is 0 Å². The van der Waals surface area contributed by atoms with E-state index >= 15 is 0 Å². The molecular formula is C20H25F2NO3. The lowest BCUT2D eigenvalue weighted by molar-refractivity contribution is 0.00462. The van der Waals surface area contributed by atoms with Crippen LogP contribution in [-0.2, 0) is 22.6 Å². The first kappa shape index (κ1) is 20.5. The fourth-order valence-electron chi connectivity index (χ4n) is 2.58. The Hall–Kier alpha value is -1.86. The number of ether oxygens (including phenoxy) is 2. The second kappa shape index (κ2) is 11.0. The molecule has 0 aliphatic rings. The van der Waals surface area contributed by atoms with E-state index in [-0.39, 0.29) is 13.2 Å². The highest BCUT2D eigenvalue weighted by Crippen LogP contribution is 2.13. The van der Waals surface area contributed by atoms with Crippen LogP contribution in [0.1, 0.15) is 11.1 Å². The molecule has 0 saturated carbocycles. The van der Waals surface area contributed by atoms with Crippen molar-refractivity contribution in [2.75, 3.05) is 33.4 Å². The Morgan fingerprint density at radius 3 is 2.58 bits per heavy atom. The van der Waals surface area contributed by atoms with Crippen molar-refractivity contribution in [3.63, 3.8) is 0 Å². The standard InChI is InChI=1S/C20H25F2NO3/c1-25-10-9-23(12-17-7-8-18(21)11-20(17)22)13-19(24)15-26-14-16-5-3-2-4-6-16/h2-8,11,19,24H,9-10,12-15H2,1H3/t19-/m0/s1. The number of methoxy groups -OCH3 is 1. The first-order chi connectivity index (χ1) is 12.6. The van der Waals surface area contributed by atoms with Gasteiger partial charge in [-0.2, -0.15) is 0 Å². The second-order valence-corrected chi connectivity index (χ2v) is 6.12. The largest absolute Gasteiger partial charge is 0.389 e. The van der Waals surface area contributed by atoms with Crippen molar-refractivity contribution in [1.29, 1.82) is 0 Å². The van der Waals surface area contributed by atoms with Crippen LogP contribution in [0.25, 0.3) is 0 Å². The van der Waals surface area contributed by atoms with Gasteiger partial charge in [-0.15, -0.1) is 0 Å². The first-order valence-electron chi connectivity index (χ1n) is 8.53. The van der Waals surface area contributed by atoms with Crippen molar-refractivity contribution in [3.05, 3.63) is 71.3 Å². The zero-order chi connectivity index (χ0) is 18.8. The van der Waals surface area contributed by atoms with Gasteiger partial charge < -0.3 is 14.6 Å². The normalized spacial score (nSPS) is 12.5. The van der Waals surface area contributed by atoms with Crippen LogP contribution < -0.4 is 0 Å². The molecule has 0 aliphatic carbocycles. The minimum Gasteiger partial charge on any atom is -0.389 e. The number of nitrogens with zero attached hydrogens (tertiary/aromatic N) is 1. The highest BCUT2D eigenvalue weighted by Gasteiger charge is 2.15. The summed E-state index contributed by atoms with van der Waals surface area (Å²) in [5.74, 6) is -1.20. The SMILES string of the molecule is COCCN(Cc1ccc(F)cc1F)C[C@H](O)COCc1ccccc1. The molecule has 0 fully saturated rings. The third-order valence-electron chi connectivity index (χ3n) is 3.91. The summed E-state index contributed by atoms with van der Waals surface area (Å²) in [7, 11) is 1.58. The molecule has 0 aromatic heterocycles. The molecule has 0 aliphatic heterocycles. The van der Waals surface area contributed by atoms with E-state index in [0.717, 1.165) is 11.6 Å². The average Bonchev–Trinajstić information content (AvgIpc) is 2.63. The van der Waals surface area contributed by atoms with Crippen LogP contribution in [0.5, 0.6) is 0 Å². The predicted molar refractivity (Wildman–Crippen MR) is 95.6 cm³/mol. The van der Waals surface area contributed by atoms with E-state index in [1.807, 2.05) is 35.2 Å². The lowest BCUT2D eigenvalue weighted by atomic mass is 10.2. The molecule has 0 heterocycles. The number of hydrogen-bond donors (Lipinski definition) is 1. The lowest BCUT2D eigenvalue weighted by Gasteiger charge is -2.25. The molecule has 0 amide bonds. The molecule has 0 spiro atoms. The smallest absolute Gasteiger partial charge is 0.130 e. The molecule has 0 radical (unpaired) electrons. The predicted octanol–water partition coefficient (Wildman–Crippen LogP) is 2.99. The number of halogens is 2. The van der Waals surface area contributed by atoms with Gasteiger partial charge >= 0.3 is 0 Å². The Kier molecular flexibility index (Phi) is 8.64. The second-order valence-electron chi connectivity index (χ2n) is 6.12. The van der Waals surface area contributed by atoms with E-state index in [2.05, 4.69) is 0 Å². The molecule has 142 valence electrons. The van der Waals surface area contributed by atoms with Crippen molar-refractivity contribution >= 4 is 0 Å². The third-order valence-corrected chi connectivity index (χ3v) is 3.91. The molecule has 0 saturated heterocycles. The highest BCUT2D eigenvalue weighted by molar-refractivity contribution is 5.18. The minimum atomic E-state index is -0.723. The van der Waals surface area contributed by atoms with E-state index in [0.29, 0.717) is 31.9 Å². The van der Waals surface area contributed by atoms with Crippen LogP contribution in [-0.4, -0.2) is 49.5 Å². The summed E-state index contributed by atoms with van der Waals surface area (Å²) in [6.07, 6.45) is -0.723. The molecule has 0 bridgehead atoms. The fraction of sp³-hybridized carbons (Fsp3) is 0.400. The van der Waals surface area contributed by atoms with Crippen molar-refractivity contribution in [2.24, 2.45) is 0 Å². The number of rotatable bonds is 11. The minimum absolute atomic E-state index is 0.171. The zero-order valence-electron chi connectivity index (χ0n) is 14.9. The quantitative estimate of drug-likeness (QED) is 0.665. The maximum atomic E-state index is 13.9. The van der Waals surface area contributed by atoms with Gasteiger partial charge in [0.05, 0.1) is 25.9 Å². The van der Waals surface area contributed by atoms with Crippen LogP contribution in [0.15, 0.2) is 48.5 Å². The Labute approximate surface area is 153 Å². The fourth-order valence-corrected chi connectivity index (χ4v) is 2.58. The molecule has 1 atom stereocenters. The molecule has 2 aromatic carbocycles. The van der Waals surface area contributed by atoms with Crippen LogP contribution in [0.2, 0.25) is 0 Å². The molecule has 0 unspecified atom stereocenters. The number of aliphatic hydroxyl groups is 1. The molecule has 2 aromatic rings. The third kappa shape index (κ3) is 7.17. The molecule has 6 heteroatoms. The number of benzene rings is 2. The van der Waals surface area contributed by atoms with Crippen molar-refractivity contribution in [2.45, 2.75) is 19.3 Å². The average molecular weight is 365 g/mol. The molecule has 1 N–H and O–H groups in total. The molecule has 26 heavy (non-hydrogen) atoms. The van der Waals surface area contributed by atoms with Crippen LogP contribution in [0.3, 0.4) is 0 Å². The van der Waals surface area contributed by atoms with Crippen molar-refractivity contribution in [3.8, 4) is 0 Å². The number of hydrogen-bond acceptors (Lipinski definition) is 4. The van der Waals surface area contributed by atoms with Crippen molar-refractivity contribution < 1.29 is 23.4 Å². The van der Waals surface area contributed by atoms with Gasteiger partial charge in [0.1, 0.15) is 11.6 Å². The van der Waals surface area contributed by atoms with E-state index in [4.69, 9.17) is 9.47 Å². The lowest BCUT2D eigenvalue weighted by Crippen LogP contribution is -2.36. The summed E-state index contributed by atoms with van der Waals surface area (Å²) in [6.45, 7) is 2.11. The molecular weight excluding hydrogens is 340 g/mol. The van der Waals surface area contributed by atoms with Gasteiger partial charge in [-0.3, -0.25) is 4.90 Å². The van der Waals surface area contributed by atoms with Gasteiger partial charge in [0.25, 0.3) is 0 Å². The summed E-state index contributed by atoms with van der Waals surface area (Å²) >= 11 is 0. The van der Waals surface area contributed by atoms with Gasteiger partial charge in [-0.25, -0.2) is 8.78 Å². The van der Waals surface area contributed by atoms with Crippen LogP contribution in [0, 0.1) is 11.6 Å². The van der Waals surface area contributed by atoms with Gasteiger partial charge in [0, 0.05) is 38.4 Å². The van der Waals surface area contributed by atoms with E-state index in [1.165, 1.54) is 12.1 Å². The summed E-state index contributed by atoms with van der Waals surface area (Å²) in [5.41, 5.74) is 1.41. The molecule has 2 rings (SSSR count).